The first-order chi connectivity index (χ1) is 9.65. The van der Waals surface area contributed by atoms with E-state index in [1.807, 2.05) is 31.2 Å². The Labute approximate surface area is 124 Å². The van der Waals surface area contributed by atoms with Crippen LogP contribution in [0.4, 0.5) is 0 Å². The van der Waals surface area contributed by atoms with E-state index in [2.05, 4.69) is 10.6 Å². The topological polar surface area (TPSA) is 50.4 Å². The van der Waals surface area contributed by atoms with Gasteiger partial charge in [0.1, 0.15) is 0 Å². The third-order valence-electron chi connectivity index (χ3n) is 3.43. The summed E-state index contributed by atoms with van der Waals surface area (Å²) in [6, 6.07) is 7.48. The molecule has 1 fully saturated rings. The zero-order valence-corrected chi connectivity index (χ0v) is 12.5. The van der Waals surface area contributed by atoms with Gasteiger partial charge >= 0.3 is 0 Å². The zero-order valence-electron chi connectivity index (χ0n) is 11.7. The molecule has 0 radical (unpaired) electrons. The standard InChI is InChI=1S/C15H21ClN2O2/c1-11(12-4-6-13(16)7-5-12)18-15(19)10-17-9-14-3-2-8-20-14/h4-7,11,14,17H,2-3,8-10H2,1H3,(H,18,19). The summed E-state index contributed by atoms with van der Waals surface area (Å²) in [4.78, 5) is 11.8. The van der Waals surface area contributed by atoms with Gasteiger partial charge in [-0.3, -0.25) is 4.79 Å². The number of rotatable bonds is 6. The van der Waals surface area contributed by atoms with Crippen molar-refractivity contribution in [2.45, 2.75) is 31.9 Å². The van der Waals surface area contributed by atoms with Crippen molar-refractivity contribution in [3.8, 4) is 0 Å². The highest BCUT2D eigenvalue weighted by molar-refractivity contribution is 6.30. The number of hydrogen-bond acceptors (Lipinski definition) is 3. The highest BCUT2D eigenvalue weighted by atomic mass is 35.5. The van der Waals surface area contributed by atoms with Crippen molar-refractivity contribution in [2.24, 2.45) is 0 Å². The summed E-state index contributed by atoms with van der Waals surface area (Å²) in [6.45, 7) is 3.86. The summed E-state index contributed by atoms with van der Waals surface area (Å²) in [5.74, 6) is -0.00885. The van der Waals surface area contributed by atoms with Crippen molar-refractivity contribution in [2.75, 3.05) is 19.7 Å². The van der Waals surface area contributed by atoms with Gasteiger partial charge in [-0.25, -0.2) is 0 Å². The number of carbonyl (C=O) groups is 1. The van der Waals surface area contributed by atoms with Crippen LogP contribution in [0.1, 0.15) is 31.4 Å². The van der Waals surface area contributed by atoms with Gasteiger partial charge in [-0.05, 0) is 37.5 Å². The average molecular weight is 297 g/mol. The van der Waals surface area contributed by atoms with Gasteiger partial charge in [-0.1, -0.05) is 23.7 Å². The molecular weight excluding hydrogens is 276 g/mol. The summed E-state index contributed by atoms with van der Waals surface area (Å²) in [6.07, 6.45) is 2.46. The lowest BCUT2D eigenvalue weighted by Crippen LogP contribution is -2.38. The Kier molecular flexibility index (Phi) is 5.83. The van der Waals surface area contributed by atoms with Crippen LogP contribution in [0.3, 0.4) is 0 Å². The summed E-state index contributed by atoms with van der Waals surface area (Å²) in [7, 11) is 0. The van der Waals surface area contributed by atoms with Gasteiger partial charge in [0.05, 0.1) is 18.7 Å². The Morgan fingerprint density at radius 1 is 1.45 bits per heavy atom. The van der Waals surface area contributed by atoms with Crippen molar-refractivity contribution in [1.29, 1.82) is 0 Å². The molecule has 2 N–H and O–H groups in total. The molecule has 110 valence electrons. The predicted molar refractivity (Wildman–Crippen MR) is 79.9 cm³/mol. The van der Waals surface area contributed by atoms with E-state index in [0.717, 1.165) is 31.6 Å². The highest BCUT2D eigenvalue weighted by Crippen LogP contribution is 2.15. The molecule has 1 aliphatic heterocycles. The largest absolute Gasteiger partial charge is 0.377 e. The Morgan fingerprint density at radius 2 is 2.20 bits per heavy atom. The highest BCUT2D eigenvalue weighted by Gasteiger charge is 2.15. The first-order valence-electron chi connectivity index (χ1n) is 7.02. The second kappa shape index (κ2) is 7.62. The number of nitrogens with one attached hydrogen (secondary N) is 2. The molecule has 2 rings (SSSR count). The van der Waals surface area contributed by atoms with Crippen LogP contribution in [-0.2, 0) is 9.53 Å². The lowest BCUT2D eigenvalue weighted by molar-refractivity contribution is -0.120. The van der Waals surface area contributed by atoms with E-state index in [-0.39, 0.29) is 18.1 Å². The molecule has 1 amide bonds. The number of carbonyl (C=O) groups excluding carboxylic acids is 1. The van der Waals surface area contributed by atoms with Crippen LogP contribution in [0.5, 0.6) is 0 Å². The van der Waals surface area contributed by atoms with Gasteiger partial charge in [0.15, 0.2) is 0 Å². The molecule has 0 spiro atoms. The molecular formula is C15H21ClN2O2. The first kappa shape index (κ1) is 15.3. The van der Waals surface area contributed by atoms with Gasteiger partial charge in [-0.2, -0.15) is 0 Å². The predicted octanol–water partition coefficient (Wildman–Crippen LogP) is 2.29. The van der Waals surface area contributed by atoms with Crippen LogP contribution < -0.4 is 10.6 Å². The van der Waals surface area contributed by atoms with E-state index < -0.39 is 0 Å². The van der Waals surface area contributed by atoms with E-state index in [1.54, 1.807) is 0 Å². The molecule has 4 nitrogen and oxygen atoms in total. The molecule has 0 bridgehead atoms. The van der Waals surface area contributed by atoms with Gasteiger partial charge in [0.2, 0.25) is 5.91 Å². The minimum absolute atomic E-state index is 0.00885. The van der Waals surface area contributed by atoms with E-state index >= 15 is 0 Å². The maximum atomic E-state index is 11.8. The van der Waals surface area contributed by atoms with Gasteiger partial charge in [0.25, 0.3) is 0 Å². The number of ether oxygens (including phenoxy) is 1. The zero-order chi connectivity index (χ0) is 14.4. The normalized spacial score (nSPS) is 19.8. The molecule has 1 heterocycles. The third kappa shape index (κ3) is 4.78. The Bertz CT molecular complexity index is 430. The molecule has 0 aliphatic carbocycles. The lowest BCUT2D eigenvalue weighted by atomic mass is 10.1. The second-order valence-corrected chi connectivity index (χ2v) is 5.54. The van der Waals surface area contributed by atoms with Crippen molar-refractivity contribution in [1.82, 2.24) is 10.6 Å². The molecule has 1 aliphatic rings. The Morgan fingerprint density at radius 3 is 2.85 bits per heavy atom. The van der Waals surface area contributed by atoms with Crippen molar-refractivity contribution in [3.05, 3.63) is 34.9 Å². The molecule has 0 saturated carbocycles. The average Bonchev–Trinajstić information content (AvgIpc) is 2.92. The molecule has 1 aromatic carbocycles. The fourth-order valence-corrected chi connectivity index (χ4v) is 2.41. The molecule has 5 heteroatoms. The molecule has 2 unspecified atom stereocenters. The number of hydrogen-bond donors (Lipinski definition) is 2. The fraction of sp³-hybridized carbons (Fsp3) is 0.533. The van der Waals surface area contributed by atoms with Crippen LogP contribution >= 0.6 is 11.6 Å². The van der Waals surface area contributed by atoms with Crippen LogP contribution in [0.2, 0.25) is 5.02 Å². The quantitative estimate of drug-likeness (QED) is 0.847. The molecule has 0 aromatic heterocycles. The van der Waals surface area contributed by atoms with E-state index in [1.165, 1.54) is 0 Å². The number of amides is 1. The van der Waals surface area contributed by atoms with Gasteiger partial charge in [0, 0.05) is 18.2 Å². The summed E-state index contributed by atoms with van der Waals surface area (Å²) in [5, 5.41) is 6.79. The van der Waals surface area contributed by atoms with Crippen LogP contribution in [-0.4, -0.2) is 31.7 Å². The van der Waals surface area contributed by atoms with Crippen molar-refractivity contribution >= 4 is 17.5 Å². The monoisotopic (exact) mass is 296 g/mol. The summed E-state index contributed by atoms with van der Waals surface area (Å²) in [5.41, 5.74) is 1.04. The van der Waals surface area contributed by atoms with Gasteiger partial charge < -0.3 is 15.4 Å². The van der Waals surface area contributed by atoms with Crippen molar-refractivity contribution in [3.63, 3.8) is 0 Å². The Hall–Kier alpha value is -1.10. The van der Waals surface area contributed by atoms with E-state index in [9.17, 15) is 4.79 Å². The smallest absolute Gasteiger partial charge is 0.234 e. The number of benzene rings is 1. The molecule has 2 atom stereocenters. The minimum Gasteiger partial charge on any atom is -0.377 e. The molecule has 1 saturated heterocycles. The van der Waals surface area contributed by atoms with Gasteiger partial charge in [-0.15, -0.1) is 0 Å². The maximum Gasteiger partial charge on any atom is 0.234 e. The second-order valence-electron chi connectivity index (χ2n) is 5.11. The van der Waals surface area contributed by atoms with E-state index in [0.29, 0.717) is 11.6 Å². The minimum atomic E-state index is -0.0238. The van der Waals surface area contributed by atoms with Crippen LogP contribution in [0.25, 0.3) is 0 Å². The molecule has 1 aromatic rings. The summed E-state index contributed by atoms with van der Waals surface area (Å²) >= 11 is 5.84. The first-order valence-corrected chi connectivity index (χ1v) is 7.40. The Balaban J connectivity index is 1.69. The summed E-state index contributed by atoms with van der Waals surface area (Å²) < 4.78 is 5.49. The molecule has 20 heavy (non-hydrogen) atoms. The number of halogens is 1. The third-order valence-corrected chi connectivity index (χ3v) is 3.68. The van der Waals surface area contributed by atoms with Crippen molar-refractivity contribution < 1.29 is 9.53 Å². The lowest BCUT2D eigenvalue weighted by Gasteiger charge is -2.15. The van der Waals surface area contributed by atoms with Crippen LogP contribution in [0, 0.1) is 0 Å². The SMILES string of the molecule is CC(NC(=O)CNCC1CCCO1)c1ccc(Cl)cc1. The van der Waals surface area contributed by atoms with Crippen LogP contribution in [0.15, 0.2) is 24.3 Å². The fourth-order valence-electron chi connectivity index (χ4n) is 2.28. The van der Waals surface area contributed by atoms with E-state index in [4.69, 9.17) is 16.3 Å². The maximum absolute atomic E-state index is 11.8.